The minimum atomic E-state index is -0.321. The topological polar surface area (TPSA) is 93.4 Å². The maximum absolute atomic E-state index is 12.4. The van der Waals surface area contributed by atoms with E-state index in [-0.39, 0.29) is 11.9 Å². The van der Waals surface area contributed by atoms with E-state index in [4.69, 9.17) is 10.5 Å². The second-order valence-corrected chi connectivity index (χ2v) is 6.63. The molecule has 0 unspecified atom stereocenters. The van der Waals surface area contributed by atoms with Gasteiger partial charge in [0.15, 0.2) is 0 Å². The third kappa shape index (κ3) is 4.50. The predicted octanol–water partition coefficient (Wildman–Crippen LogP) is 1.05. The van der Waals surface area contributed by atoms with Gasteiger partial charge in [-0.05, 0) is 5.56 Å². The van der Waals surface area contributed by atoms with Crippen LogP contribution in [0, 0.1) is 0 Å². The fourth-order valence-electron chi connectivity index (χ4n) is 2.61. The average molecular weight is 347 g/mol. The molecule has 0 aliphatic carbocycles. The fourth-order valence-corrected chi connectivity index (χ4v) is 3.30. The number of amides is 1. The number of ether oxygens (including phenoxy) is 1. The lowest BCUT2D eigenvalue weighted by molar-refractivity contribution is -0.122. The van der Waals surface area contributed by atoms with E-state index < -0.39 is 0 Å². The highest BCUT2D eigenvalue weighted by atomic mass is 32.1. The Balaban J connectivity index is 1.64. The quantitative estimate of drug-likeness (QED) is 0.811. The number of hydrogen-bond donors (Lipinski definition) is 2. The van der Waals surface area contributed by atoms with Crippen LogP contribution in [-0.4, -0.2) is 53.9 Å². The van der Waals surface area contributed by atoms with Crippen LogP contribution < -0.4 is 11.1 Å². The molecule has 1 aromatic carbocycles. The summed E-state index contributed by atoms with van der Waals surface area (Å²) in [5.41, 5.74) is 6.66. The lowest BCUT2D eigenvalue weighted by Gasteiger charge is -2.26. The standard InChI is InChI=1S/C16H21N5O2S/c17-16-20-19-15(24-16)14(12-4-2-1-3-5-12)18-13(22)6-7-21-8-10-23-11-9-21/h1-5,14H,6-11H2,(H2,17,20)(H,18,22)/t14-/m1/s1. The number of morpholine rings is 1. The second-order valence-electron chi connectivity index (χ2n) is 5.59. The molecule has 1 saturated heterocycles. The largest absolute Gasteiger partial charge is 0.379 e. The molecule has 7 nitrogen and oxygen atoms in total. The van der Waals surface area contributed by atoms with Crippen molar-refractivity contribution in [1.82, 2.24) is 20.4 Å². The van der Waals surface area contributed by atoms with Gasteiger partial charge in [-0.25, -0.2) is 0 Å². The van der Waals surface area contributed by atoms with Crippen LogP contribution >= 0.6 is 11.3 Å². The molecule has 128 valence electrons. The normalized spacial score (nSPS) is 16.7. The number of nitrogens with one attached hydrogen (secondary N) is 1. The van der Waals surface area contributed by atoms with E-state index in [0.29, 0.717) is 16.6 Å². The number of anilines is 1. The van der Waals surface area contributed by atoms with E-state index >= 15 is 0 Å². The van der Waals surface area contributed by atoms with E-state index in [1.807, 2.05) is 30.3 Å². The summed E-state index contributed by atoms with van der Waals surface area (Å²) in [5.74, 6) is -0.0101. The van der Waals surface area contributed by atoms with Crippen molar-refractivity contribution in [2.75, 3.05) is 38.6 Å². The summed E-state index contributed by atoms with van der Waals surface area (Å²) in [5, 5.41) is 12.1. The molecule has 3 rings (SSSR count). The van der Waals surface area contributed by atoms with Crippen molar-refractivity contribution in [2.45, 2.75) is 12.5 Å². The van der Waals surface area contributed by atoms with E-state index in [0.717, 1.165) is 38.4 Å². The lowest BCUT2D eigenvalue weighted by atomic mass is 10.1. The van der Waals surface area contributed by atoms with Crippen LogP contribution in [0.3, 0.4) is 0 Å². The zero-order valence-corrected chi connectivity index (χ0v) is 14.2. The highest BCUT2D eigenvalue weighted by molar-refractivity contribution is 7.15. The van der Waals surface area contributed by atoms with Gasteiger partial charge in [0.1, 0.15) is 11.0 Å². The molecule has 1 aliphatic rings. The van der Waals surface area contributed by atoms with Crippen LogP contribution in [0.5, 0.6) is 0 Å². The number of rotatable bonds is 6. The van der Waals surface area contributed by atoms with Crippen molar-refractivity contribution in [3.63, 3.8) is 0 Å². The highest BCUT2D eigenvalue weighted by Crippen LogP contribution is 2.25. The Hall–Kier alpha value is -2.03. The van der Waals surface area contributed by atoms with Crippen molar-refractivity contribution in [2.24, 2.45) is 0 Å². The molecule has 3 N–H and O–H groups in total. The zero-order valence-electron chi connectivity index (χ0n) is 13.4. The van der Waals surface area contributed by atoms with Gasteiger partial charge in [-0.2, -0.15) is 0 Å². The molecule has 1 atom stereocenters. The molecule has 0 radical (unpaired) electrons. The van der Waals surface area contributed by atoms with E-state index in [2.05, 4.69) is 20.4 Å². The van der Waals surface area contributed by atoms with Gasteiger partial charge in [-0.15, -0.1) is 10.2 Å². The van der Waals surface area contributed by atoms with Gasteiger partial charge in [0.25, 0.3) is 0 Å². The molecule has 1 aromatic heterocycles. The van der Waals surface area contributed by atoms with Crippen molar-refractivity contribution in [3.05, 3.63) is 40.9 Å². The highest BCUT2D eigenvalue weighted by Gasteiger charge is 2.21. The van der Waals surface area contributed by atoms with Crippen LogP contribution in [-0.2, 0) is 9.53 Å². The van der Waals surface area contributed by atoms with E-state index in [9.17, 15) is 4.79 Å². The maximum atomic E-state index is 12.4. The minimum Gasteiger partial charge on any atom is -0.379 e. The summed E-state index contributed by atoms with van der Waals surface area (Å²) in [6, 6.07) is 9.42. The molecule has 2 heterocycles. The van der Waals surface area contributed by atoms with Crippen molar-refractivity contribution < 1.29 is 9.53 Å². The van der Waals surface area contributed by atoms with Gasteiger partial charge >= 0.3 is 0 Å². The number of hydrogen-bond acceptors (Lipinski definition) is 7. The molecule has 1 fully saturated rings. The lowest BCUT2D eigenvalue weighted by Crippen LogP contribution is -2.39. The van der Waals surface area contributed by atoms with E-state index in [1.165, 1.54) is 11.3 Å². The smallest absolute Gasteiger partial charge is 0.222 e. The SMILES string of the molecule is Nc1nnc([C@H](NC(=O)CCN2CCOCC2)c2ccccc2)s1. The zero-order chi connectivity index (χ0) is 16.8. The first-order valence-corrected chi connectivity index (χ1v) is 8.77. The Kier molecular flexibility index (Phi) is 5.73. The van der Waals surface area contributed by atoms with Crippen LogP contribution in [0.25, 0.3) is 0 Å². The number of aromatic nitrogens is 2. The molecule has 24 heavy (non-hydrogen) atoms. The minimum absolute atomic E-state index is 0.0101. The first-order valence-electron chi connectivity index (χ1n) is 7.95. The number of benzene rings is 1. The van der Waals surface area contributed by atoms with Crippen molar-refractivity contribution >= 4 is 22.4 Å². The second kappa shape index (κ2) is 8.18. The summed E-state index contributed by atoms with van der Waals surface area (Å²) in [6.45, 7) is 3.95. The summed E-state index contributed by atoms with van der Waals surface area (Å²) in [6.07, 6.45) is 0.442. The van der Waals surface area contributed by atoms with Gasteiger partial charge in [0.2, 0.25) is 11.0 Å². The van der Waals surface area contributed by atoms with Gasteiger partial charge in [-0.3, -0.25) is 9.69 Å². The maximum Gasteiger partial charge on any atom is 0.222 e. The van der Waals surface area contributed by atoms with Crippen LogP contribution in [0.15, 0.2) is 30.3 Å². The Labute approximate surface area is 144 Å². The Bertz CT molecular complexity index is 657. The monoisotopic (exact) mass is 347 g/mol. The van der Waals surface area contributed by atoms with Crippen molar-refractivity contribution in [1.29, 1.82) is 0 Å². The van der Waals surface area contributed by atoms with Crippen molar-refractivity contribution in [3.8, 4) is 0 Å². The molecule has 0 saturated carbocycles. The van der Waals surface area contributed by atoms with Gasteiger partial charge in [-0.1, -0.05) is 41.7 Å². The van der Waals surface area contributed by atoms with Crippen LogP contribution in [0.4, 0.5) is 5.13 Å². The Morgan fingerprint density at radius 3 is 2.71 bits per heavy atom. The van der Waals surface area contributed by atoms with Gasteiger partial charge < -0.3 is 15.8 Å². The summed E-state index contributed by atoms with van der Waals surface area (Å²) >= 11 is 1.29. The molecular formula is C16H21N5O2S. The predicted molar refractivity (Wildman–Crippen MR) is 92.6 cm³/mol. The van der Waals surface area contributed by atoms with Crippen LogP contribution in [0.1, 0.15) is 23.0 Å². The molecule has 1 amide bonds. The summed E-state index contributed by atoms with van der Waals surface area (Å²) in [4.78, 5) is 14.6. The molecule has 0 bridgehead atoms. The number of nitrogens with zero attached hydrogens (tertiary/aromatic N) is 3. The average Bonchev–Trinajstić information content (AvgIpc) is 3.05. The first-order chi connectivity index (χ1) is 11.7. The molecule has 1 aliphatic heterocycles. The van der Waals surface area contributed by atoms with E-state index in [1.54, 1.807) is 0 Å². The Morgan fingerprint density at radius 1 is 1.29 bits per heavy atom. The summed E-state index contributed by atoms with van der Waals surface area (Å²) in [7, 11) is 0. The molecule has 2 aromatic rings. The number of nitrogens with two attached hydrogens (primary N) is 1. The van der Waals surface area contributed by atoms with Crippen LogP contribution in [0.2, 0.25) is 0 Å². The number of carbonyl (C=O) groups is 1. The molecular weight excluding hydrogens is 326 g/mol. The number of carbonyl (C=O) groups excluding carboxylic acids is 1. The van der Waals surface area contributed by atoms with Gasteiger partial charge in [0.05, 0.1) is 13.2 Å². The number of nitrogen functional groups attached to an aromatic ring is 1. The third-order valence-electron chi connectivity index (χ3n) is 3.90. The first kappa shape index (κ1) is 16.8. The molecule has 0 spiro atoms. The van der Waals surface area contributed by atoms with Gasteiger partial charge in [0, 0.05) is 26.1 Å². The third-order valence-corrected chi connectivity index (χ3v) is 4.72. The molecule has 8 heteroatoms. The Morgan fingerprint density at radius 2 is 2.04 bits per heavy atom. The fraction of sp³-hybridized carbons (Fsp3) is 0.438. The summed E-state index contributed by atoms with van der Waals surface area (Å²) < 4.78 is 5.32.